The van der Waals surface area contributed by atoms with Crippen molar-refractivity contribution < 1.29 is 32.7 Å². The van der Waals surface area contributed by atoms with Crippen molar-refractivity contribution in [3.8, 4) is 5.75 Å². The molecule has 2 aromatic rings. The maximum atomic E-state index is 10.4. The van der Waals surface area contributed by atoms with Gasteiger partial charge in [-0.15, -0.1) is 28.8 Å². The number of rotatable bonds is 3. The third-order valence-corrected chi connectivity index (χ3v) is 2.95. The van der Waals surface area contributed by atoms with E-state index in [1.54, 1.807) is 12.1 Å². The molecule has 0 aliphatic heterocycles. The summed E-state index contributed by atoms with van der Waals surface area (Å²) in [5.74, 6) is 0.620. The van der Waals surface area contributed by atoms with Gasteiger partial charge in [-0.05, 0) is 19.1 Å². The molecule has 2 rings (SSSR count). The van der Waals surface area contributed by atoms with Crippen LogP contribution in [-0.4, -0.2) is 6.29 Å². The van der Waals surface area contributed by atoms with E-state index in [1.165, 1.54) is 5.56 Å². The van der Waals surface area contributed by atoms with Gasteiger partial charge in [-0.25, -0.2) is 4.57 Å². The van der Waals surface area contributed by atoms with Crippen molar-refractivity contribution in [1.82, 2.24) is 0 Å². The van der Waals surface area contributed by atoms with E-state index in [0.717, 1.165) is 11.1 Å². The number of hydrogen-bond donors (Lipinski definition) is 0. The largest absolute Gasteiger partial charge is 1.00 e. The van der Waals surface area contributed by atoms with E-state index in [0.29, 0.717) is 11.3 Å². The molecule has 0 spiro atoms. The summed E-state index contributed by atoms with van der Waals surface area (Å²) in [4.78, 5) is 10.4. The van der Waals surface area contributed by atoms with Crippen LogP contribution in [0.5, 0.6) is 5.75 Å². The molecule has 0 unspecified atom stereocenters. The van der Waals surface area contributed by atoms with Crippen LogP contribution in [0.3, 0.4) is 0 Å². The first-order valence-corrected chi connectivity index (χ1v) is 6.82. The summed E-state index contributed by atoms with van der Waals surface area (Å²) in [5.41, 5.74) is 3.92. The molecule has 0 heterocycles. The molecular weight excluding hydrogens is 278 g/mol. The molecule has 0 saturated carbocycles. The zero-order chi connectivity index (χ0) is 15.0. The standard InChI is InChI=1S/C10H11O.C6H5O2P.Li/c1-7-4-8(2)10(6-11)9(3)5-7;7-9-8-6-4-2-1-3-5-6;/h4-5H,1-3H3;1-5H;/q-1;;+1. The Morgan fingerprint density at radius 2 is 1.52 bits per heavy atom. The van der Waals surface area contributed by atoms with E-state index in [-0.39, 0.29) is 27.5 Å². The van der Waals surface area contributed by atoms with Gasteiger partial charge in [-0.3, -0.25) is 0 Å². The van der Waals surface area contributed by atoms with Crippen LogP contribution in [0.25, 0.3) is 0 Å². The van der Waals surface area contributed by atoms with Gasteiger partial charge in [0.25, 0.3) is 0 Å². The number of aryl methyl sites for hydroxylation is 3. The van der Waals surface area contributed by atoms with E-state index < -0.39 is 0 Å². The van der Waals surface area contributed by atoms with E-state index in [4.69, 9.17) is 0 Å². The van der Waals surface area contributed by atoms with Gasteiger partial charge in [0.15, 0.2) is 0 Å². The summed E-state index contributed by atoms with van der Waals surface area (Å²) < 4.78 is 14.5. The molecule has 0 saturated heterocycles. The molecule has 0 aliphatic carbocycles. The molecule has 2 aromatic carbocycles. The van der Waals surface area contributed by atoms with Crippen LogP contribution >= 0.6 is 8.69 Å². The molecule has 0 bridgehead atoms. The van der Waals surface area contributed by atoms with Crippen molar-refractivity contribution in [2.45, 2.75) is 20.8 Å². The van der Waals surface area contributed by atoms with Crippen LogP contribution in [0.1, 0.15) is 22.3 Å². The molecule has 104 valence electrons. The predicted molar refractivity (Wildman–Crippen MR) is 80.1 cm³/mol. The normalized spacial score (nSPS) is 9.10. The van der Waals surface area contributed by atoms with Gasteiger partial charge in [0, 0.05) is 0 Å². The summed E-state index contributed by atoms with van der Waals surface area (Å²) in [6.45, 7) is 5.88. The van der Waals surface area contributed by atoms with Gasteiger partial charge < -0.3 is 9.32 Å². The first kappa shape index (κ1) is 19.6. The topological polar surface area (TPSA) is 43.4 Å². The first-order valence-electron chi connectivity index (χ1n) is 6.09. The Kier molecular flexibility index (Phi) is 9.66. The Hall–Kier alpha value is -1.39. The number of hydrogen-bond acceptors (Lipinski definition) is 3. The Morgan fingerprint density at radius 3 is 1.95 bits per heavy atom. The molecule has 0 fully saturated rings. The minimum Gasteiger partial charge on any atom is -0.408 e. The van der Waals surface area contributed by atoms with E-state index >= 15 is 0 Å². The average molecular weight is 294 g/mol. The molecule has 0 atom stereocenters. The van der Waals surface area contributed by atoms with Gasteiger partial charge >= 0.3 is 27.5 Å². The predicted octanol–water partition coefficient (Wildman–Crippen LogP) is 1.35. The third-order valence-electron chi connectivity index (χ3n) is 2.66. The van der Waals surface area contributed by atoms with Crippen molar-refractivity contribution in [1.29, 1.82) is 0 Å². The second-order valence-corrected chi connectivity index (χ2v) is 4.69. The van der Waals surface area contributed by atoms with E-state index in [1.807, 2.05) is 57.4 Å². The number of para-hydroxylation sites is 1. The average Bonchev–Trinajstić information content (AvgIpc) is 2.40. The molecule has 0 aliphatic rings. The fourth-order valence-electron chi connectivity index (χ4n) is 1.87. The van der Waals surface area contributed by atoms with E-state index in [2.05, 4.69) is 4.52 Å². The SMILES string of the molecule is Cc1cc(C)c([C-]=O)c(C)c1.O=POc1ccccc1.[Li+]. The van der Waals surface area contributed by atoms with Crippen molar-refractivity contribution in [2.75, 3.05) is 0 Å². The fraction of sp³-hybridized carbons (Fsp3) is 0.188. The van der Waals surface area contributed by atoms with Crippen LogP contribution in [-0.2, 0) is 9.36 Å². The summed E-state index contributed by atoms with van der Waals surface area (Å²) in [7, 11) is -0.305. The van der Waals surface area contributed by atoms with Crippen molar-refractivity contribution in [3.63, 3.8) is 0 Å². The summed E-state index contributed by atoms with van der Waals surface area (Å²) in [5, 5.41) is 0. The Bertz CT molecular complexity index is 562. The Labute approximate surface area is 139 Å². The molecule has 0 N–H and O–H groups in total. The molecule has 0 amide bonds. The second-order valence-electron chi connectivity index (χ2n) is 4.35. The number of benzene rings is 2. The minimum absolute atomic E-state index is 0. The van der Waals surface area contributed by atoms with Crippen LogP contribution < -0.4 is 23.4 Å². The summed E-state index contributed by atoms with van der Waals surface area (Å²) in [6.07, 6.45) is 1.94. The Morgan fingerprint density at radius 1 is 1.00 bits per heavy atom. The molecular formula is C16H16LiO3P. The maximum Gasteiger partial charge on any atom is 1.00 e. The van der Waals surface area contributed by atoms with Crippen molar-refractivity contribution >= 4 is 15.0 Å². The maximum absolute atomic E-state index is 10.4. The van der Waals surface area contributed by atoms with Crippen molar-refractivity contribution in [3.05, 3.63) is 64.7 Å². The first-order chi connectivity index (χ1) is 9.58. The molecule has 3 nitrogen and oxygen atoms in total. The Balaban J connectivity index is 0.000000370. The molecule has 0 aromatic heterocycles. The minimum atomic E-state index is -0.305. The van der Waals surface area contributed by atoms with Crippen LogP contribution in [0.15, 0.2) is 42.5 Å². The van der Waals surface area contributed by atoms with Gasteiger partial charge in [-0.2, -0.15) is 0 Å². The zero-order valence-electron chi connectivity index (χ0n) is 12.7. The van der Waals surface area contributed by atoms with Crippen molar-refractivity contribution in [2.24, 2.45) is 0 Å². The van der Waals surface area contributed by atoms with Gasteiger partial charge in [-0.1, -0.05) is 37.6 Å². The monoisotopic (exact) mass is 294 g/mol. The zero-order valence-corrected chi connectivity index (χ0v) is 13.6. The molecule has 0 radical (unpaired) electrons. The van der Waals surface area contributed by atoms with Crippen LogP contribution in [0.2, 0.25) is 0 Å². The smallest absolute Gasteiger partial charge is 0.408 e. The number of carbonyl (C=O) groups excluding carboxylic acids is 1. The molecule has 21 heavy (non-hydrogen) atoms. The summed E-state index contributed by atoms with van der Waals surface area (Å²) >= 11 is 0. The van der Waals surface area contributed by atoms with E-state index in [9.17, 15) is 9.36 Å². The summed E-state index contributed by atoms with van der Waals surface area (Å²) in [6, 6.07) is 13.0. The quantitative estimate of drug-likeness (QED) is 0.487. The van der Waals surface area contributed by atoms with Crippen LogP contribution in [0.4, 0.5) is 0 Å². The fourth-order valence-corrected chi connectivity index (χ4v) is 2.07. The van der Waals surface area contributed by atoms with Gasteiger partial charge in [0.2, 0.25) is 0 Å². The second kappa shape index (κ2) is 10.4. The van der Waals surface area contributed by atoms with Gasteiger partial charge in [0.1, 0.15) is 5.75 Å². The third kappa shape index (κ3) is 6.73. The van der Waals surface area contributed by atoms with Crippen LogP contribution in [0, 0.1) is 20.8 Å². The van der Waals surface area contributed by atoms with Gasteiger partial charge in [0.05, 0.1) is 6.29 Å². The molecule has 5 heteroatoms.